The van der Waals surface area contributed by atoms with Gasteiger partial charge in [-0.05, 0) is 48.1 Å². The summed E-state index contributed by atoms with van der Waals surface area (Å²) in [5, 5.41) is 0. The zero-order valence-electron chi connectivity index (χ0n) is 13.8. The molecule has 0 saturated heterocycles. The number of nitrogens with zero attached hydrogens (tertiary/aromatic N) is 1. The average Bonchev–Trinajstić information content (AvgIpc) is 3.32. The second kappa shape index (κ2) is 6.43. The zero-order chi connectivity index (χ0) is 17.4. The summed E-state index contributed by atoms with van der Waals surface area (Å²) >= 11 is 0. The maximum Gasteiger partial charge on any atom is 0.223 e. The molecule has 4 rings (SSSR count). The molecule has 1 aliphatic carbocycles. The molecular formula is C21H19F2NO. The van der Waals surface area contributed by atoms with Crippen LogP contribution in [0.1, 0.15) is 36.4 Å². The van der Waals surface area contributed by atoms with Crippen molar-refractivity contribution in [3.05, 3.63) is 77.4 Å². The van der Waals surface area contributed by atoms with Gasteiger partial charge in [0.15, 0.2) is 0 Å². The van der Waals surface area contributed by atoms with Crippen LogP contribution in [0.15, 0.2) is 54.6 Å². The first-order valence-electron chi connectivity index (χ1n) is 8.62. The van der Waals surface area contributed by atoms with E-state index in [9.17, 15) is 13.6 Å². The molecule has 1 fully saturated rings. The van der Waals surface area contributed by atoms with Gasteiger partial charge in [-0.1, -0.05) is 36.4 Å². The Labute approximate surface area is 145 Å². The van der Waals surface area contributed by atoms with Gasteiger partial charge in [0.1, 0.15) is 11.6 Å². The molecule has 2 aromatic rings. The molecule has 1 atom stereocenters. The average molecular weight is 339 g/mol. The monoisotopic (exact) mass is 339 g/mol. The topological polar surface area (TPSA) is 20.3 Å². The number of hydrogen-bond donors (Lipinski definition) is 0. The van der Waals surface area contributed by atoms with Crippen molar-refractivity contribution in [2.45, 2.75) is 25.3 Å². The first-order chi connectivity index (χ1) is 12.1. The van der Waals surface area contributed by atoms with E-state index in [1.54, 1.807) is 4.90 Å². The molecule has 1 heterocycles. The van der Waals surface area contributed by atoms with Crippen LogP contribution in [-0.2, 0) is 4.79 Å². The quantitative estimate of drug-likeness (QED) is 0.788. The number of carbonyl (C=O) groups is 1. The van der Waals surface area contributed by atoms with Crippen LogP contribution in [0.3, 0.4) is 0 Å². The molecule has 2 aromatic carbocycles. The van der Waals surface area contributed by atoms with Gasteiger partial charge < -0.3 is 4.90 Å². The number of rotatable bonds is 4. The minimum absolute atomic E-state index is 0.0828. The summed E-state index contributed by atoms with van der Waals surface area (Å²) < 4.78 is 27.8. The van der Waals surface area contributed by atoms with Crippen LogP contribution in [0.5, 0.6) is 0 Å². The number of carbonyl (C=O) groups excluding carboxylic acids is 1. The van der Waals surface area contributed by atoms with Crippen LogP contribution in [0.25, 0.3) is 5.57 Å². The lowest BCUT2D eigenvalue weighted by atomic mass is 10.0. The number of halogens is 2. The smallest absolute Gasteiger partial charge is 0.223 e. The van der Waals surface area contributed by atoms with Crippen LogP contribution in [-0.4, -0.2) is 17.4 Å². The van der Waals surface area contributed by atoms with Crippen LogP contribution < -0.4 is 0 Å². The van der Waals surface area contributed by atoms with Crippen LogP contribution in [0.4, 0.5) is 8.78 Å². The Balaban J connectivity index is 1.69. The molecule has 0 aromatic heterocycles. The van der Waals surface area contributed by atoms with Crippen LogP contribution >= 0.6 is 0 Å². The third kappa shape index (κ3) is 3.34. The predicted octanol–water partition coefficient (Wildman–Crippen LogP) is 4.73. The highest BCUT2D eigenvalue weighted by Gasteiger charge is 2.34. The fourth-order valence-electron chi connectivity index (χ4n) is 3.39. The van der Waals surface area contributed by atoms with Gasteiger partial charge in [0, 0.05) is 18.5 Å². The first-order valence-corrected chi connectivity index (χ1v) is 8.62. The van der Waals surface area contributed by atoms with E-state index in [2.05, 4.69) is 0 Å². The van der Waals surface area contributed by atoms with E-state index in [1.165, 1.54) is 6.07 Å². The summed E-state index contributed by atoms with van der Waals surface area (Å²) in [5.41, 5.74) is 1.89. The van der Waals surface area contributed by atoms with Crippen molar-refractivity contribution in [3.63, 3.8) is 0 Å². The van der Waals surface area contributed by atoms with E-state index in [0.717, 1.165) is 30.5 Å². The van der Waals surface area contributed by atoms with Crippen molar-refractivity contribution in [1.29, 1.82) is 0 Å². The normalized spacial score (nSPS) is 19.8. The fourth-order valence-corrected chi connectivity index (χ4v) is 3.39. The molecule has 0 spiro atoms. The summed E-state index contributed by atoms with van der Waals surface area (Å²) in [6.07, 6.45) is 4.64. The molecule has 0 bridgehead atoms. The van der Waals surface area contributed by atoms with E-state index in [0.29, 0.717) is 24.5 Å². The highest BCUT2D eigenvalue weighted by molar-refractivity contribution is 5.83. The summed E-state index contributed by atoms with van der Waals surface area (Å²) in [7, 11) is 0. The minimum atomic E-state index is -0.476. The fraction of sp³-hybridized carbons (Fsp3) is 0.286. The largest absolute Gasteiger partial charge is 0.328 e. The Kier molecular flexibility index (Phi) is 4.12. The molecular weight excluding hydrogens is 320 g/mol. The Morgan fingerprint density at radius 1 is 1.08 bits per heavy atom. The number of hydrogen-bond acceptors (Lipinski definition) is 1. The first kappa shape index (κ1) is 16.0. The highest BCUT2D eigenvalue weighted by Crippen LogP contribution is 2.39. The Hall–Kier alpha value is -2.49. The van der Waals surface area contributed by atoms with Gasteiger partial charge in [-0.3, -0.25) is 4.79 Å². The second-order valence-corrected chi connectivity index (χ2v) is 6.84. The van der Waals surface area contributed by atoms with Gasteiger partial charge in [0.05, 0.1) is 6.04 Å². The summed E-state index contributed by atoms with van der Waals surface area (Å²) in [5.74, 6) is -0.370. The van der Waals surface area contributed by atoms with Gasteiger partial charge in [0.25, 0.3) is 0 Å². The Morgan fingerprint density at radius 3 is 2.56 bits per heavy atom. The summed E-state index contributed by atoms with van der Waals surface area (Å²) in [4.78, 5) is 14.5. The lowest BCUT2D eigenvalue weighted by molar-refractivity contribution is -0.132. The van der Waals surface area contributed by atoms with Gasteiger partial charge in [0.2, 0.25) is 5.91 Å². The molecule has 2 aliphatic rings. The van der Waals surface area contributed by atoms with Crippen molar-refractivity contribution in [1.82, 2.24) is 4.90 Å². The van der Waals surface area contributed by atoms with Crippen molar-refractivity contribution in [2.75, 3.05) is 6.54 Å². The maximum atomic E-state index is 14.2. The Bertz CT molecular complexity index is 827. The van der Waals surface area contributed by atoms with Crippen molar-refractivity contribution in [2.24, 2.45) is 5.92 Å². The number of benzene rings is 2. The molecule has 4 heteroatoms. The molecule has 1 aliphatic heterocycles. The molecule has 0 unspecified atom stereocenters. The van der Waals surface area contributed by atoms with Crippen LogP contribution in [0, 0.1) is 17.6 Å². The molecule has 128 valence electrons. The van der Waals surface area contributed by atoms with Crippen molar-refractivity contribution >= 4 is 11.5 Å². The highest BCUT2D eigenvalue weighted by atomic mass is 19.1. The van der Waals surface area contributed by atoms with E-state index in [-0.39, 0.29) is 17.5 Å². The molecule has 2 nitrogen and oxygen atoms in total. The standard InChI is InChI=1S/C21H19F2NO/c22-17-8-9-19(23)18(12-17)16-11-20(15-4-2-1-3-5-15)24(13-16)21(25)10-14-6-7-14/h1-5,8-9,11-12,14,20H,6-7,10,13H2/t20-/m0/s1. The molecule has 1 saturated carbocycles. The maximum absolute atomic E-state index is 14.2. The number of amides is 1. The Morgan fingerprint density at radius 2 is 1.84 bits per heavy atom. The van der Waals surface area contributed by atoms with Gasteiger partial charge in [-0.2, -0.15) is 0 Å². The SMILES string of the molecule is O=C(CC1CC1)N1CC(c2cc(F)ccc2F)=C[C@H]1c1ccccc1. The lowest BCUT2D eigenvalue weighted by Gasteiger charge is -2.25. The molecule has 1 amide bonds. The summed E-state index contributed by atoms with van der Waals surface area (Å²) in [6.45, 7) is 0.311. The molecule has 0 radical (unpaired) electrons. The zero-order valence-corrected chi connectivity index (χ0v) is 13.8. The van der Waals surface area contributed by atoms with E-state index < -0.39 is 11.6 Å². The van der Waals surface area contributed by atoms with E-state index in [1.807, 2.05) is 36.4 Å². The summed E-state index contributed by atoms with van der Waals surface area (Å²) in [6, 6.07) is 12.9. The van der Waals surface area contributed by atoms with Crippen molar-refractivity contribution in [3.8, 4) is 0 Å². The predicted molar refractivity (Wildman–Crippen MR) is 92.6 cm³/mol. The minimum Gasteiger partial charge on any atom is -0.328 e. The third-order valence-electron chi connectivity index (χ3n) is 4.93. The van der Waals surface area contributed by atoms with E-state index in [4.69, 9.17) is 0 Å². The third-order valence-corrected chi connectivity index (χ3v) is 4.93. The van der Waals surface area contributed by atoms with Gasteiger partial charge in [-0.15, -0.1) is 0 Å². The lowest BCUT2D eigenvalue weighted by Crippen LogP contribution is -2.31. The molecule has 25 heavy (non-hydrogen) atoms. The van der Waals surface area contributed by atoms with Crippen molar-refractivity contribution < 1.29 is 13.6 Å². The van der Waals surface area contributed by atoms with E-state index >= 15 is 0 Å². The van der Waals surface area contributed by atoms with Crippen LogP contribution in [0.2, 0.25) is 0 Å². The van der Waals surface area contributed by atoms with Gasteiger partial charge >= 0.3 is 0 Å². The van der Waals surface area contributed by atoms with Gasteiger partial charge in [-0.25, -0.2) is 8.78 Å². The molecule has 0 N–H and O–H groups in total. The second-order valence-electron chi connectivity index (χ2n) is 6.84.